The molecule has 3 aliphatic heterocycles. The van der Waals surface area contributed by atoms with Crippen LogP contribution >= 0.6 is 15.9 Å². The minimum atomic E-state index is -0.797. The summed E-state index contributed by atoms with van der Waals surface area (Å²) in [6.45, 7) is 3.48. The van der Waals surface area contributed by atoms with Crippen molar-refractivity contribution in [2.24, 2.45) is 0 Å². The fraction of sp³-hybridized carbons (Fsp3) is 0.333. The molecule has 0 atom stereocenters. The van der Waals surface area contributed by atoms with E-state index in [1.165, 1.54) is 4.90 Å². The van der Waals surface area contributed by atoms with E-state index in [1.807, 2.05) is 42.5 Å². The number of hydrogen-bond acceptors (Lipinski definition) is 8. The van der Waals surface area contributed by atoms with Crippen LogP contribution in [-0.2, 0) is 11.3 Å². The predicted octanol–water partition coefficient (Wildman–Crippen LogP) is 5.28. The first kappa shape index (κ1) is 25.2. The fourth-order valence-electron chi connectivity index (χ4n) is 4.98. The Morgan fingerprint density at radius 3 is 2.69 bits per heavy atom. The van der Waals surface area contributed by atoms with E-state index in [1.54, 1.807) is 30.0 Å². The van der Waals surface area contributed by atoms with E-state index >= 15 is 0 Å². The minimum Gasteiger partial charge on any atom is -0.450 e. The Hall–Kier alpha value is -4.06. The van der Waals surface area contributed by atoms with Crippen LogP contribution in [0.4, 0.5) is 32.7 Å². The summed E-state index contributed by atoms with van der Waals surface area (Å²) in [6, 6.07) is 13.0. The van der Waals surface area contributed by atoms with Crippen molar-refractivity contribution in [2.45, 2.75) is 32.1 Å². The van der Waals surface area contributed by atoms with Crippen molar-refractivity contribution in [3.05, 3.63) is 58.7 Å². The number of nitrogens with zero attached hydrogens (tertiary/aromatic N) is 5. The number of piperidine rings is 1. The molecule has 202 valence electrons. The number of benzene rings is 2. The number of para-hydroxylation sites is 1. The molecular formula is C27H27BrN6O5. The average Bonchev–Trinajstić information content (AvgIpc) is 3.28. The maximum absolute atomic E-state index is 13.2. The van der Waals surface area contributed by atoms with Crippen LogP contribution < -0.4 is 24.6 Å². The third-order valence-corrected chi connectivity index (χ3v) is 7.66. The summed E-state index contributed by atoms with van der Waals surface area (Å²) in [5.41, 5.74) is 2.34. The van der Waals surface area contributed by atoms with E-state index in [2.05, 4.69) is 31.2 Å². The lowest BCUT2D eigenvalue weighted by Gasteiger charge is -2.36. The van der Waals surface area contributed by atoms with Crippen LogP contribution in [0.15, 0.2) is 53.1 Å². The maximum Gasteiger partial charge on any atom is 0.409 e. The molecule has 0 saturated carbocycles. The Balaban J connectivity index is 1.15. The van der Waals surface area contributed by atoms with Gasteiger partial charge >= 0.3 is 12.1 Å². The van der Waals surface area contributed by atoms with Crippen LogP contribution in [0.3, 0.4) is 0 Å². The lowest BCUT2D eigenvalue weighted by atomic mass is 10.0. The summed E-state index contributed by atoms with van der Waals surface area (Å²) < 4.78 is 18.4. The van der Waals surface area contributed by atoms with Crippen molar-refractivity contribution in [3.8, 4) is 11.5 Å². The summed E-state index contributed by atoms with van der Waals surface area (Å²) in [5.74, 6) is 1.37. The van der Waals surface area contributed by atoms with Crippen molar-refractivity contribution in [1.82, 2.24) is 14.9 Å². The number of hydrogen-bond donors (Lipinski definition) is 1. The van der Waals surface area contributed by atoms with Gasteiger partial charge in [-0.3, -0.25) is 9.80 Å². The van der Waals surface area contributed by atoms with E-state index in [4.69, 9.17) is 14.2 Å². The molecule has 3 amide bonds. The van der Waals surface area contributed by atoms with Gasteiger partial charge in [-0.1, -0.05) is 12.1 Å². The highest BCUT2D eigenvalue weighted by Gasteiger charge is 2.45. The molecule has 1 N–H and O–H groups in total. The van der Waals surface area contributed by atoms with Crippen molar-refractivity contribution in [3.63, 3.8) is 0 Å². The SMILES string of the molecule is CCOC(=O)N1CCC2(CC1)Oc1ccc(Nc3ncc4c(n3)N(C)C(=O)N(c3ccccc3Br)C4)cc1O2. The van der Waals surface area contributed by atoms with Crippen LogP contribution in [0, 0.1) is 0 Å². The van der Waals surface area contributed by atoms with Gasteiger partial charge < -0.3 is 24.4 Å². The van der Waals surface area contributed by atoms with Crippen molar-refractivity contribution >= 4 is 51.2 Å². The maximum atomic E-state index is 13.2. The van der Waals surface area contributed by atoms with Crippen molar-refractivity contribution in [1.29, 1.82) is 0 Å². The first-order valence-corrected chi connectivity index (χ1v) is 13.5. The van der Waals surface area contributed by atoms with Crippen LogP contribution in [-0.4, -0.2) is 59.5 Å². The minimum absolute atomic E-state index is 0.179. The molecule has 0 aliphatic carbocycles. The lowest BCUT2D eigenvalue weighted by molar-refractivity contribution is -0.115. The molecule has 0 unspecified atom stereocenters. The van der Waals surface area contributed by atoms with Gasteiger partial charge in [0.15, 0.2) is 11.5 Å². The molecule has 39 heavy (non-hydrogen) atoms. The Kier molecular flexibility index (Phi) is 6.42. The highest BCUT2D eigenvalue weighted by atomic mass is 79.9. The van der Waals surface area contributed by atoms with Crippen LogP contribution in [0.25, 0.3) is 0 Å². The standard InChI is InChI=1S/C27H27BrN6O5/c1-3-37-26(36)33-12-10-27(11-13-33)38-21-9-8-18(14-22(21)39-27)30-24-29-15-17-16-34(20-7-5-4-6-19(20)28)25(35)32(2)23(17)31-24/h4-9,14-15H,3,10-13,16H2,1-2H3,(H,29,30,31). The predicted molar refractivity (Wildman–Crippen MR) is 148 cm³/mol. The lowest BCUT2D eigenvalue weighted by Crippen LogP contribution is -2.51. The quantitative estimate of drug-likeness (QED) is 0.434. The number of halogens is 1. The highest BCUT2D eigenvalue weighted by molar-refractivity contribution is 9.10. The molecule has 2 aromatic carbocycles. The number of fused-ring (bicyclic) bond motifs is 2. The zero-order valence-electron chi connectivity index (χ0n) is 21.5. The second-order valence-electron chi connectivity index (χ2n) is 9.51. The largest absolute Gasteiger partial charge is 0.450 e. The number of urea groups is 1. The second kappa shape index (κ2) is 9.92. The van der Waals surface area contributed by atoms with E-state index in [0.717, 1.165) is 21.4 Å². The van der Waals surface area contributed by atoms with Gasteiger partial charge in [-0.2, -0.15) is 4.98 Å². The van der Waals surface area contributed by atoms with Gasteiger partial charge in [0.2, 0.25) is 5.95 Å². The number of likely N-dealkylation sites (tertiary alicyclic amines) is 1. The Labute approximate surface area is 233 Å². The number of rotatable bonds is 4. The third-order valence-electron chi connectivity index (χ3n) is 6.99. The first-order valence-electron chi connectivity index (χ1n) is 12.7. The van der Waals surface area contributed by atoms with Gasteiger partial charge in [-0.05, 0) is 47.1 Å². The summed E-state index contributed by atoms with van der Waals surface area (Å²) in [5, 5.41) is 3.21. The van der Waals surface area contributed by atoms with Crippen LogP contribution in [0.5, 0.6) is 11.5 Å². The molecule has 1 aromatic heterocycles. The van der Waals surface area contributed by atoms with E-state index < -0.39 is 5.79 Å². The molecule has 3 aromatic rings. The summed E-state index contributed by atoms with van der Waals surface area (Å²) in [6.07, 6.45) is 2.49. The number of nitrogens with one attached hydrogen (secondary N) is 1. The zero-order valence-corrected chi connectivity index (χ0v) is 23.1. The van der Waals surface area contributed by atoms with Gasteiger partial charge in [0.25, 0.3) is 5.79 Å². The molecule has 0 radical (unpaired) electrons. The van der Waals surface area contributed by atoms with E-state index in [0.29, 0.717) is 62.3 Å². The summed E-state index contributed by atoms with van der Waals surface area (Å²) in [4.78, 5) is 39.2. The van der Waals surface area contributed by atoms with Gasteiger partial charge in [0, 0.05) is 61.0 Å². The second-order valence-corrected chi connectivity index (χ2v) is 10.4. The molecule has 6 rings (SSSR count). The number of carbonyl (C=O) groups excluding carboxylic acids is 2. The van der Waals surface area contributed by atoms with Crippen LogP contribution in [0.1, 0.15) is 25.3 Å². The molecular weight excluding hydrogens is 568 g/mol. The summed E-state index contributed by atoms with van der Waals surface area (Å²) in [7, 11) is 1.70. The highest BCUT2D eigenvalue weighted by Crippen LogP contribution is 2.45. The average molecular weight is 595 g/mol. The van der Waals surface area contributed by atoms with Crippen molar-refractivity contribution < 1.29 is 23.8 Å². The molecule has 1 fully saturated rings. The van der Waals surface area contributed by atoms with Gasteiger partial charge in [-0.25, -0.2) is 14.6 Å². The Bertz CT molecular complexity index is 1440. The third kappa shape index (κ3) is 4.69. The van der Waals surface area contributed by atoms with Crippen molar-refractivity contribution in [2.75, 3.05) is 41.9 Å². The molecule has 0 bridgehead atoms. The number of amides is 3. The zero-order chi connectivity index (χ0) is 27.1. The number of anilines is 4. The molecule has 3 aliphatic rings. The Morgan fingerprint density at radius 2 is 1.92 bits per heavy atom. The molecule has 1 spiro atoms. The number of ether oxygens (including phenoxy) is 3. The number of carbonyl (C=O) groups is 2. The summed E-state index contributed by atoms with van der Waals surface area (Å²) >= 11 is 3.53. The molecule has 4 heterocycles. The number of aromatic nitrogens is 2. The molecule has 12 heteroatoms. The molecule has 1 saturated heterocycles. The van der Waals surface area contributed by atoms with E-state index in [9.17, 15) is 9.59 Å². The Morgan fingerprint density at radius 1 is 1.15 bits per heavy atom. The first-order chi connectivity index (χ1) is 18.9. The topological polar surface area (TPSA) is 109 Å². The van der Waals surface area contributed by atoms with Crippen LogP contribution in [0.2, 0.25) is 0 Å². The van der Waals surface area contributed by atoms with Gasteiger partial charge in [0.05, 0.1) is 18.8 Å². The van der Waals surface area contributed by atoms with Gasteiger partial charge in [-0.15, -0.1) is 0 Å². The smallest absolute Gasteiger partial charge is 0.409 e. The fourth-order valence-corrected chi connectivity index (χ4v) is 5.48. The normalized spacial score (nSPS) is 17.3. The molecule has 11 nitrogen and oxygen atoms in total. The monoisotopic (exact) mass is 594 g/mol. The van der Waals surface area contributed by atoms with E-state index in [-0.39, 0.29) is 12.1 Å². The van der Waals surface area contributed by atoms with Gasteiger partial charge in [0.1, 0.15) is 5.82 Å².